The lowest BCUT2D eigenvalue weighted by molar-refractivity contribution is -0.122. The van der Waals surface area contributed by atoms with E-state index < -0.39 is 0 Å². The number of carbonyl (C=O) groups excluding carboxylic acids is 1. The summed E-state index contributed by atoms with van der Waals surface area (Å²) in [4.78, 5) is 15.5. The first-order chi connectivity index (χ1) is 8.74. The maximum absolute atomic E-state index is 11.5. The lowest BCUT2D eigenvalue weighted by Gasteiger charge is -2.12. The highest BCUT2D eigenvalue weighted by atomic mass is 16.2. The first kappa shape index (κ1) is 14.3. The number of carbonyl (C=O) groups is 1. The van der Waals surface area contributed by atoms with Crippen LogP contribution in [0.1, 0.15) is 19.8 Å². The van der Waals surface area contributed by atoms with Crippen molar-refractivity contribution >= 4 is 5.91 Å². The third kappa shape index (κ3) is 5.51. The van der Waals surface area contributed by atoms with Gasteiger partial charge in [-0.05, 0) is 26.3 Å². The van der Waals surface area contributed by atoms with Gasteiger partial charge in [-0.2, -0.15) is 0 Å². The largest absolute Gasteiger partial charge is 0.344 e. The number of terminal acetylenes is 1. The zero-order valence-electron chi connectivity index (χ0n) is 10.7. The SMILES string of the molecule is C#CCNC(=O)C(C)NCCCCn1ccnc1. The molecule has 0 spiro atoms. The fraction of sp³-hybridized carbons (Fsp3) is 0.538. The number of aryl methyl sites for hydroxylation is 1. The van der Waals surface area contributed by atoms with Crippen LogP contribution in [0.25, 0.3) is 0 Å². The van der Waals surface area contributed by atoms with E-state index >= 15 is 0 Å². The summed E-state index contributed by atoms with van der Waals surface area (Å²) < 4.78 is 2.04. The van der Waals surface area contributed by atoms with Crippen LogP contribution in [0.15, 0.2) is 18.7 Å². The van der Waals surface area contributed by atoms with Crippen LogP contribution in [0.2, 0.25) is 0 Å². The van der Waals surface area contributed by atoms with Gasteiger partial charge in [0.15, 0.2) is 0 Å². The summed E-state index contributed by atoms with van der Waals surface area (Å²) in [5.74, 6) is 2.32. The summed E-state index contributed by atoms with van der Waals surface area (Å²) in [6.45, 7) is 3.89. The molecule has 0 aliphatic carbocycles. The van der Waals surface area contributed by atoms with Gasteiger partial charge in [0, 0.05) is 18.9 Å². The molecule has 1 aromatic rings. The number of imidazole rings is 1. The number of hydrogen-bond acceptors (Lipinski definition) is 3. The van der Waals surface area contributed by atoms with Crippen molar-refractivity contribution in [2.75, 3.05) is 13.1 Å². The van der Waals surface area contributed by atoms with Crippen molar-refractivity contribution in [2.45, 2.75) is 32.4 Å². The summed E-state index contributed by atoms with van der Waals surface area (Å²) in [5, 5.41) is 5.81. The average molecular weight is 248 g/mol. The van der Waals surface area contributed by atoms with E-state index in [4.69, 9.17) is 6.42 Å². The summed E-state index contributed by atoms with van der Waals surface area (Å²) in [6, 6.07) is -0.202. The molecule has 1 unspecified atom stereocenters. The Labute approximate surface area is 108 Å². The van der Waals surface area contributed by atoms with Crippen LogP contribution in [0, 0.1) is 12.3 Å². The van der Waals surface area contributed by atoms with Gasteiger partial charge < -0.3 is 15.2 Å². The Morgan fingerprint density at radius 1 is 1.56 bits per heavy atom. The molecule has 1 rings (SSSR count). The Kier molecular flexibility index (Phi) is 6.59. The number of hydrogen-bond donors (Lipinski definition) is 2. The molecule has 1 aromatic heterocycles. The minimum atomic E-state index is -0.202. The molecule has 1 heterocycles. The second-order valence-electron chi connectivity index (χ2n) is 4.11. The summed E-state index contributed by atoms with van der Waals surface area (Å²) in [7, 11) is 0. The van der Waals surface area contributed by atoms with Crippen molar-refractivity contribution in [3.8, 4) is 12.3 Å². The van der Waals surface area contributed by atoms with Crippen molar-refractivity contribution in [2.24, 2.45) is 0 Å². The van der Waals surface area contributed by atoms with Crippen LogP contribution in [0.5, 0.6) is 0 Å². The predicted molar refractivity (Wildman–Crippen MR) is 70.8 cm³/mol. The molecule has 5 nitrogen and oxygen atoms in total. The van der Waals surface area contributed by atoms with E-state index in [0.29, 0.717) is 0 Å². The molecule has 1 amide bonds. The van der Waals surface area contributed by atoms with E-state index in [0.717, 1.165) is 25.9 Å². The van der Waals surface area contributed by atoms with Crippen LogP contribution in [-0.4, -0.2) is 34.6 Å². The van der Waals surface area contributed by atoms with E-state index in [9.17, 15) is 4.79 Å². The third-order valence-corrected chi connectivity index (χ3v) is 2.61. The Balaban J connectivity index is 2.03. The van der Waals surface area contributed by atoms with E-state index in [-0.39, 0.29) is 18.5 Å². The van der Waals surface area contributed by atoms with E-state index in [2.05, 4.69) is 21.5 Å². The monoisotopic (exact) mass is 248 g/mol. The highest BCUT2D eigenvalue weighted by Crippen LogP contribution is 1.94. The highest BCUT2D eigenvalue weighted by Gasteiger charge is 2.09. The van der Waals surface area contributed by atoms with E-state index in [1.54, 1.807) is 6.20 Å². The fourth-order valence-corrected chi connectivity index (χ4v) is 1.54. The maximum atomic E-state index is 11.5. The number of aromatic nitrogens is 2. The topological polar surface area (TPSA) is 59.0 Å². The van der Waals surface area contributed by atoms with Crippen LogP contribution in [-0.2, 0) is 11.3 Å². The molecule has 0 radical (unpaired) electrons. The Morgan fingerprint density at radius 3 is 3.06 bits per heavy atom. The molecular formula is C13H20N4O. The van der Waals surface area contributed by atoms with Gasteiger partial charge in [-0.1, -0.05) is 5.92 Å². The number of amides is 1. The molecule has 0 saturated heterocycles. The van der Waals surface area contributed by atoms with Crippen molar-refractivity contribution in [3.05, 3.63) is 18.7 Å². The zero-order chi connectivity index (χ0) is 13.2. The average Bonchev–Trinajstić information content (AvgIpc) is 2.88. The molecule has 5 heteroatoms. The predicted octanol–water partition coefficient (Wildman–Crippen LogP) is 0.391. The minimum absolute atomic E-state index is 0.0532. The molecule has 0 aliphatic heterocycles. The van der Waals surface area contributed by atoms with Gasteiger partial charge in [0.25, 0.3) is 0 Å². The lowest BCUT2D eigenvalue weighted by atomic mass is 10.2. The summed E-state index contributed by atoms with van der Waals surface area (Å²) >= 11 is 0. The first-order valence-electron chi connectivity index (χ1n) is 6.14. The maximum Gasteiger partial charge on any atom is 0.237 e. The second kappa shape index (κ2) is 8.31. The van der Waals surface area contributed by atoms with Gasteiger partial charge in [0.05, 0.1) is 18.9 Å². The van der Waals surface area contributed by atoms with Crippen LogP contribution >= 0.6 is 0 Å². The molecule has 0 aliphatic rings. The fourth-order valence-electron chi connectivity index (χ4n) is 1.54. The second-order valence-corrected chi connectivity index (χ2v) is 4.11. The number of nitrogens with one attached hydrogen (secondary N) is 2. The number of rotatable bonds is 8. The van der Waals surface area contributed by atoms with Gasteiger partial charge >= 0.3 is 0 Å². The molecule has 0 bridgehead atoms. The summed E-state index contributed by atoms with van der Waals surface area (Å²) in [6.07, 6.45) is 12.7. The van der Waals surface area contributed by atoms with Gasteiger partial charge in [-0.3, -0.25) is 4.79 Å². The zero-order valence-corrected chi connectivity index (χ0v) is 10.7. The minimum Gasteiger partial charge on any atom is -0.344 e. The Morgan fingerprint density at radius 2 is 2.39 bits per heavy atom. The lowest BCUT2D eigenvalue weighted by Crippen LogP contribution is -2.42. The molecule has 1 atom stereocenters. The van der Waals surface area contributed by atoms with E-state index in [1.165, 1.54) is 0 Å². The normalized spacial score (nSPS) is 11.8. The molecule has 18 heavy (non-hydrogen) atoms. The molecule has 0 fully saturated rings. The van der Waals surface area contributed by atoms with Crippen molar-refractivity contribution < 1.29 is 4.79 Å². The third-order valence-electron chi connectivity index (χ3n) is 2.61. The van der Waals surface area contributed by atoms with Gasteiger partial charge in [0.1, 0.15) is 0 Å². The van der Waals surface area contributed by atoms with Gasteiger partial charge in [-0.15, -0.1) is 6.42 Å². The van der Waals surface area contributed by atoms with Crippen molar-refractivity contribution in [1.82, 2.24) is 20.2 Å². The first-order valence-corrected chi connectivity index (χ1v) is 6.14. The smallest absolute Gasteiger partial charge is 0.237 e. The van der Waals surface area contributed by atoms with Gasteiger partial charge in [0.2, 0.25) is 5.91 Å². The van der Waals surface area contributed by atoms with E-state index in [1.807, 2.05) is 24.0 Å². The van der Waals surface area contributed by atoms with Crippen LogP contribution in [0.3, 0.4) is 0 Å². The molecule has 0 aromatic carbocycles. The number of nitrogens with zero attached hydrogens (tertiary/aromatic N) is 2. The Hall–Kier alpha value is -1.80. The summed E-state index contributed by atoms with van der Waals surface area (Å²) in [5.41, 5.74) is 0. The quantitative estimate of drug-likeness (QED) is 0.517. The van der Waals surface area contributed by atoms with Crippen molar-refractivity contribution in [1.29, 1.82) is 0 Å². The standard InChI is InChI=1S/C13H20N4O/c1-3-6-16-13(18)12(2)15-7-4-5-9-17-10-8-14-11-17/h1,8,10-12,15H,4-7,9H2,2H3,(H,16,18). The molecule has 2 N–H and O–H groups in total. The Bertz CT molecular complexity index is 380. The van der Waals surface area contributed by atoms with Crippen LogP contribution < -0.4 is 10.6 Å². The van der Waals surface area contributed by atoms with Crippen molar-refractivity contribution in [3.63, 3.8) is 0 Å². The highest BCUT2D eigenvalue weighted by molar-refractivity contribution is 5.81. The molecule has 98 valence electrons. The molecular weight excluding hydrogens is 228 g/mol. The molecule has 0 saturated carbocycles. The van der Waals surface area contributed by atoms with Crippen LogP contribution in [0.4, 0.5) is 0 Å². The number of unbranched alkanes of at least 4 members (excludes halogenated alkanes) is 1. The van der Waals surface area contributed by atoms with Gasteiger partial charge in [-0.25, -0.2) is 4.98 Å².